The summed E-state index contributed by atoms with van der Waals surface area (Å²) in [5.41, 5.74) is 0. The third kappa shape index (κ3) is 2.48. The van der Waals surface area contributed by atoms with Crippen molar-refractivity contribution >= 4 is 0 Å². The fourth-order valence-corrected chi connectivity index (χ4v) is 4.15. The molecule has 4 heterocycles. The Kier molecular flexibility index (Phi) is 3.31. The van der Waals surface area contributed by atoms with E-state index in [0.717, 1.165) is 62.6 Å². The van der Waals surface area contributed by atoms with Gasteiger partial charge in [0, 0.05) is 38.1 Å². The van der Waals surface area contributed by atoms with E-state index in [0.29, 0.717) is 12.0 Å². The van der Waals surface area contributed by atoms with E-state index in [4.69, 9.17) is 4.42 Å². The van der Waals surface area contributed by atoms with Gasteiger partial charge in [0.25, 0.3) is 0 Å². The topological polar surface area (TPSA) is 50.3 Å². The van der Waals surface area contributed by atoms with Crippen LogP contribution < -0.4 is 0 Å². The molecule has 1 aliphatic carbocycles. The molecule has 6 heteroatoms. The normalized spacial score (nSPS) is 27.9. The smallest absolute Gasteiger partial charge is 0.147 e. The van der Waals surface area contributed by atoms with Crippen molar-refractivity contribution < 1.29 is 4.42 Å². The second kappa shape index (κ2) is 5.43. The quantitative estimate of drug-likeness (QED) is 0.860. The van der Waals surface area contributed by atoms with Crippen LogP contribution in [0.4, 0.5) is 0 Å². The summed E-state index contributed by atoms with van der Waals surface area (Å²) in [5.74, 6) is 5.96. The molecule has 0 unspecified atom stereocenters. The number of likely N-dealkylation sites (tertiary alicyclic amines) is 1. The second-order valence-electron chi connectivity index (χ2n) is 7.76. The minimum Gasteiger partial charge on any atom is -0.464 e. The largest absolute Gasteiger partial charge is 0.464 e. The molecule has 0 amide bonds. The van der Waals surface area contributed by atoms with Crippen LogP contribution in [0.1, 0.15) is 42.4 Å². The van der Waals surface area contributed by atoms with Crippen LogP contribution in [0.2, 0.25) is 0 Å². The van der Waals surface area contributed by atoms with Crippen molar-refractivity contribution in [3.8, 4) is 0 Å². The lowest BCUT2D eigenvalue weighted by Gasteiger charge is -2.46. The summed E-state index contributed by atoms with van der Waals surface area (Å²) in [6.45, 7) is 10.6. The van der Waals surface area contributed by atoms with Crippen molar-refractivity contribution in [2.45, 2.75) is 51.9 Å². The van der Waals surface area contributed by atoms with Crippen LogP contribution in [0.25, 0.3) is 0 Å². The Morgan fingerprint density at radius 3 is 2.83 bits per heavy atom. The lowest BCUT2D eigenvalue weighted by Crippen LogP contribution is -2.59. The maximum atomic E-state index is 6.04. The monoisotopic (exact) mass is 327 g/mol. The Bertz CT molecular complexity index is 744. The van der Waals surface area contributed by atoms with Crippen molar-refractivity contribution in [3.05, 3.63) is 35.3 Å². The number of hydrogen-bond donors (Lipinski definition) is 0. The summed E-state index contributed by atoms with van der Waals surface area (Å²) in [6.07, 6.45) is 1.29. The molecule has 2 fully saturated rings. The van der Waals surface area contributed by atoms with E-state index >= 15 is 0 Å². The van der Waals surface area contributed by atoms with E-state index in [1.807, 2.05) is 6.92 Å². The first-order valence-electron chi connectivity index (χ1n) is 9.11. The Labute approximate surface area is 142 Å². The van der Waals surface area contributed by atoms with Crippen LogP contribution in [-0.4, -0.2) is 50.2 Å². The lowest BCUT2D eigenvalue weighted by molar-refractivity contribution is 0.00929. The predicted octanol–water partition coefficient (Wildman–Crippen LogP) is 2.00. The number of nitrogens with zero attached hydrogens (tertiary/aromatic N) is 5. The molecule has 0 spiro atoms. The highest BCUT2D eigenvalue weighted by molar-refractivity contribution is 5.18. The van der Waals surface area contributed by atoms with E-state index in [1.54, 1.807) is 0 Å². The zero-order chi connectivity index (χ0) is 16.3. The maximum Gasteiger partial charge on any atom is 0.147 e. The minimum absolute atomic E-state index is 0.647. The number of furan rings is 1. The van der Waals surface area contributed by atoms with Crippen molar-refractivity contribution in [2.75, 3.05) is 19.6 Å². The standard InChI is InChI=1S/C18H25N5O/c1-12-7-16(12)17-4-3-15(24-17)10-21-8-14(9-21)22-5-6-23-13(2)19-20-18(23)11-22/h3-4,12,14,16H,5-11H2,1-2H3/t12-,16-/m1/s1. The van der Waals surface area contributed by atoms with E-state index in [2.05, 4.69) is 43.6 Å². The molecular formula is C18H25N5O. The zero-order valence-electron chi connectivity index (χ0n) is 14.5. The molecule has 1 saturated heterocycles. The van der Waals surface area contributed by atoms with Gasteiger partial charge in [-0.3, -0.25) is 9.80 Å². The summed E-state index contributed by atoms with van der Waals surface area (Å²) in [4.78, 5) is 5.04. The first kappa shape index (κ1) is 14.7. The van der Waals surface area contributed by atoms with Crippen molar-refractivity contribution in [3.63, 3.8) is 0 Å². The van der Waals surface area contributed by atoms with Gasteiger partial charge in [-0.25, -0.2) is 0 Å². The van der Waals surface area contributed by atoms with Crippen LogP contribution in [0.15, 0.2) is 16.5 Å². The fraction of sp³-hybridized carbons (Fsp3) is 0.667. The van der Waals surface area contributed by atoms with E-state index in [-0.39, 0.29) is 0 Å². The van der Waals surface area contributed by atoms with Crippen LogP contribution in [-0.2, 0) is 19.6 Å². The molecular weight excluding hydrogens is 302 g/mol. The molecule has 2 atom stereocenters. The van der Waals surface area contributed by atoms with Gasteiger partial charge in [0.2, 0.25) is 0 Å². The van der Waals surface area contributed by atoms with Crippen molar-refractivity contribution in [1.82, 2.24) is 24.6 Å². The Morgan fingerprint density at radius 2 is 2.04 bits per heavy atom. The van der Waals surface area contributed by atoms with Crippen LogP contribution in [0, 0.1) is 12.8 Å². The maximum absolute atomic E-state index is 6.04. The van der Waals surface area contributed by atoms with Crippen molar-refractivity contribution in [1.29, 1.82) is 0 Å². The highest BCUT2D eigenvalue weighted by Crippen LogP contribution is 2.47. The summed E-state index contributed by atoms with van der Waals surface area (Å²) >= 11 is 0. The summed E-state index contributed by atoms with van der Waals surface area (Å²) < 4.78 is 8.28. The molecule has 2 aromatic heterocycles. The van der Waals surface area contributed by atoms with E-state index in [1.165, 1.54) is 12.2 Å². The summed E-state index contributed by atoms with van der Waals surface area (Å²) in [6, 6.07) is 4.99. The average Bonchev–Trinajstić information content (AvgIpc) is 2.95. The van der Waals surface area contributed by atoms with Crippen LogP contribution >= 0.6 is 0 Å². The van der Waals surface area contributed by atoms with E-state index < -0.39 is 0 Å². The molecule has 0 radical (unpaired) electrons. The highest BCUT2D eigenvalue weighted by Gasteiger charge is 2.37. The Balaban J connectivity index is 1.14. The predicted molar refractivity (Wildman–Crippen MR) is 89.5 cm³/mol. The zero-order valence-corrected chi connectivity index (χ0v) is 14.5. The molecule has 0 aromatic carbocycles. The molecule has 2 aliphatic heterocycles. The second-order valence-corrected chi connectivity index (χ2v) is 7.76. The molecule has 6 nitrogen and oxygen atoms in total. The molecule has 128 valence electrons. The summed E-state index contributed by atoms with van der Waals surface area (Å²) in [7, 11) is 0. The van der Waals surface area contributed by atoms with Gasteiger partial charge in [0.05, 0.1) is 13.1 Å². The van der Waals surface area contributed by atoms with Crippen LogP contribution in [0.5, 0.6) is 0 Å². The van der Waals surface area contributed by atoms with Gasteiger partial charge in [-0.2, -0.15) is 0 Å². The minimum atomic E-state index is 0.647. The van der Waals surface area contributed by atoms with Gasteiger partial charge < -0.3 is 8.98 Å². The van der Waals surface area contributed by atoms with Gasteiger partial charge in [0.1, 0.15) is 23.2 Å². The third-order valence-electron chi connectivity index (χ3n) is 5.96. The fourth-order valence-electron chi connectivity index (χ4n) is 4.15. The summed E-state index contributed by atoms with van der Waals surface area (Å²) in [5, 5.41) is 8.51. The molecule has 3 aliphatic rings. The van der Waals surface area contributed by atoms with Gasteiger partial charge in [-0.1, -0.05) is 6.92 Å². The van der Waals surface area contributed by atoms with Gasteiger partial charge in [-0.15, -0.1) is 10.2 Å². The highest BCUT2D eigenvalue weighted by atomic mass is 16.3. The van der Waals surface area contributed by atoms with E-state index in [9.17, 15) is 0 Å². The molecule has 0 bridgehead atoms. The van der Waals surface area contributed by atoms with Gasteiger partial charge >= 0.3 is 0 Å². The van der Waals surface area contributed by atoms with Gasteiger partial charge in [0.15, 0.2) is 0 Å². The number of rotatable bonds is 4. The number of hydrogen-bond acceptors (Lipinski definition) is 5. The Morgan fingerprint density at radius 1 is 1.21 bits per heavy atom. The Hall–Kier alpha value is -1.66. The molecule has 2 aromatic rings. The van der Waals surface area contributed by atoms with Crippen molar-refractivity contribution in [2.24, 2.45) is 5.92 Å². The molecule has 24 heavy (non-hydrogen) atoms. The number of fused-ring (bicyclic) bond motifs is 1. The number of aromatic nitrogens is 3. The SMILES string of the molecule is Cc1nnc2n1CCN(C1CN(Cc3ccc([C@@H]4C[C@H]4C)o3)C1)C2. The molecule has 0 N–H and O–H groups in total. The number of aryl methyl sites for hydroxylation is 1. The van der Waals surface area contributed by atoms with Crippen LogP contribution in [0.3, 0.4) is 0 Å². The third-order valence-corrected chi connectivity index (χ3v) is 5.96. The molecule has 5 rings (SSSR count). The van der Waals surface area contributed by atoms with Gasteiger partial charge in [-0.05, 0) is 31.4 Å². The lowest BCUT2D eigenvalue weighted by atomic mass is 10.1. The average molecular weight is 327 g/mol. The first-order valence-corrected chi connectivity index (χ1v) is 9.11. The first-order chi connectivity index (χ1) is 11.7. The molecule has 1 saturated carbocycles.